The van der Waals surface area contributed by atoms with Crippen molar-refractivity contribution in [3.63, 3.8) is 0 Å². The standard InChI is InChI=1S/C30H29N/c1-3-24-15-19-26(20-16-24)30(27-21-17-25(4-2)18-22-27)23-31(28-11-7-5-8-12-28)29-13-9-6-10-14-29/h5-23H,3-4H2,1-2H3. The zero-order valence-electron chi connectivity index (χ0n) is 18.3. The predicted molar refractivity (Wildman–Crippen MR) is 134 cm³/mol. The number of para-hydroxylation sites is 2. The van der Waals surface area contributed by atoms with Crippen LogP contribution in [0.3, 0.4) is 0 Å². The fraction of sp³-hybridized carbons (Fsp3) is 0.133. The van der Waals surface area contributed by atoms with Crippen molar-refractivity contribution in [3.05, 3.63) is 138 Å². The molecular weight excluding hydrogens is 374 g/mol. The van der Waals surface area contributed by atoms with Crippen molar-refractivity contribution in [2.75, 3.05) is 4.90 Å². The Morgan fingerprint density at radius 2 is 0.935 bits per heavy atom. The van der Waals surface area contributed by atoms with Crippen molar-refractivity contribution >= 4 is 16.9 Å². The van der Waals surface area contributed by atoms with Gasteiger partial charge in [0, 0.05) is 23.1 Å². The highest BCUT2D eigenvalue weighted by molar-refractivity contribution is 5.84. The SMILES string of the molecule is CCc1ccc(C(=CN(c2ccccc2)c2ccccc2)c2ccc(CC)cc2)cc1. The third-order valence-corrected chi connectivity index (χ3v) is 5.67. The van der Waals surface area contributed by atoms with Crippen molar-refractivity contribution in [2.24, 2.45) is 0 Å². The van der Waals surface area contributed by atoms with Crippen LogP contribution in [-0.2, 0) is 12.8 Å². The van der Waals surface area contributed by atoms with E-state index in [1.165, 1.54) is 27.8 Å². The summed E-state index contributed by atoms with van der Waals surface area (Å²) in [6, 6.07) is 39.0. The summed E-state index contributed by atoms with van der Waals surface area (Å²) < 4.78 is 0. The van der Waals surface area contributed by atoms with E-state index < -0.39 is 0 Å². The highest BCUT2D eigenvalue weighted by atomic mass is 15.1. The molecule has 0 saturated heterocycles. The first-order chi connectivity index (χ1) is 15.3. The van der Waals surface area contributed by atoms with Crippen LogP contribution in [0.2, 0.25) is 0 Å². The van der Waals surface area contributed by atoms with E-state index in [2.05, 4.69) is 134 Å². The summed E-state index contributed by atoms with van der Waals surface area (Å²) >= 11 is 0. The van der Waals surface area contributed by atoms with Crippen LogP contribution in [0.1, 0.15) is 36.1 Å². The lowest BCUT2D eigenvalue weighted by Gasteiger charge is -2.23. The van der Waals surface area contributed by atoms with E-state index in [0.717, 1.165) is 24.2 Å². The van der Waals surface area contributed by atoms with E-state index in [1.54, 1.807) is 0 Å². The summed E-state index contributed by atoms with van der Waals surface area (Å²) in [4.78, 5) is 2.27. The molecule has 0 aliphatic rings. The number of rotatable bonds is 7. The van der Waals surface area contributed by atoms with Gasteiger partial charge in [0.2, 0.25) is 0 Å². The molecule has 0 spiro atoms. The quantitative estimate of drug-likeness (QED) is 0.302. The molecule has 0 aliphatic carbocycles. The maximum atomic E-state index is 2.27. The summed E-state index contributed by atoms with van der Waals surface area (Å²) in [5.74, 6) is 0. The van der Waals surface area contributed by atoms with Gasteiger partial charge in [-0.2, -0.15) is 0 Å². The minimum atomic E-state index is 1.05. The molecule has 0 radical (unpaired) electrons. The van der Waals surface area contributed by atoms with Gasteiger partial charge in [0.05, 0.1) is 0 Å². The van der Waals surface area contributed by atoms with E-state index in [0.29, 0.717) is 0 Å². The molecule has 0 heterocycles. The van der Waals surface area contributed by atoms with E-state index in [1.807, 2.05) is 0 Å². The third-order valence-electron chi connectivity index (χ3n) is 5.67. The average Bonchev–Trinajstić information content (AvgIpc) is 2.86. The molecule has 0 amide bonds. The molecule has 0 N–H and O–H groups in total. The summed E-state index contributed by atoms with van der Waals surface area (Å²) in [5, 5.41) is 0. The molecule has 0 unspecified atom stereocenters. The number of hydrogen-bond acceptors (Lipinski definition) is 1. The van der Waals surface area contributed by atoms with E-state index in [9.17, 15) is 0 Å². The minimum Gasteiger partial charge on any atom is -0.317 e. The molecular formula is C30H29N. The molecule has 0 fully saturated rings. The molecule has 0 aromatic heterocycles. The Bertz CT molecular complexity index is 1020. The summed E-state index contributed by atoms with van der Waals surface area (Å²) in [6.07, 6.45) is 4.36. The Balaban J connectivity index is 1.88. The average molecular weight is 404 g/mol. The van der Waals surface area contributed by atoms with E-state index in [-0.39, 0.29) is 0 Å². The number of hydrogen-bond donors (Lipinski definition) is 0. The number of anilines is 2. The molecule has 1 nitrogen and oxygen atoms in total. The monoisotopic (exact) mass is 403 g/mol. The van der Waals surface area contributed by atoms with Crippen LogP contribution in [0.15, 0.2) is 115 Å². The lowest BCUT2D eigenvalue weighted by Crippen LogP contribution is -2.10. The van der Waals surface area contributed by atoms with Gasteiger partial charge in [0.15, 0.2) is 0 Å². The zero-order valence-corrected chi connectivity index (χ0v) is 18.3. The number of aryl methyl sites for hydroxylation is 2. The van der Waals surface area contributed by atoms with Crippen LogP contribution >= 0.6 is 0 Å². The van der Waals surface area contributed by atoms with Crippen molar-refractivity contribution < 1.29 is 0 Å². The highest BCUT2D eigenvalue weighted by Gasteiger charge is 2.12. The van der Waals surface area contributed by atoms with Crippen LogP contribution < -0.4 is 4.90 Å². The second kappa shape index (κ2) is 9.95. The van der Waals surface area contributed by atoms with Crippen LogP contribution in [0.25, 0.3) is 5.57 Å². The smallest absolute Gasteiger partial charge is 0.0455 e. The topological polar surface area (TPSA) is 3.24 Å². The van der Waals surface area contributed by atoms with Crippen molar-refractivity contribution in [3.8, 4) is 0 Å². The van der Waals surface area contributed by atoms with Gasteiger partial charge in [-0.25, -0.2) is 0 Å². The van der Waals surface area contributed by atoms with E-state index in [4.69, 9.17) is 0 Å². The van der Waals surface area contributed by atoms with Crippen molar-refractivity contribution in [1.82, 2.24) is 0 Å². The summed E-state index contributed by atoms with van der Waals surface area (Å²) in [6.45, 7) is 4.39. The Labute approximate surface area is 186 Å². The first-order valence-corrected chi connectivity index (χ1v) is 11.1. The summed E-state index contributed by atoms with van der Waals surface area (Å²) in [7, 11) is 0. The molecule has 4 rings (SSSR count). The molecule has 0 bridgehead atoms. The van der Waals surface area contributed by atoms with Crippen LogP contribution in [0, 0.1) is 0 Å². The van der Waals surface area contributed by atoms with Gasteiger partial charge in [-0.3, -0.25) is 0 Å². The van der Waals surface area contributed by atoms with E-state index >= 15 is 0 Å². The first kappa shape index (κ1) is 20.7. The van der Waals surface area contributed by atoms with Crippen LogP contribution in [0.4, 0.5) is 11.4 Å². The molecule has 4 aromatic rings. The number of nitrogens with zero attached hydrogens (tertiary/aromatic N) is 1. The first-order valence-electron chi connectivity index (χ1n) is 11.1. The van der Waals surface area contributed by atoms with Crippen molar-refractivity contribution in [2.45, 2.75) is 26.7 Å². The second-order valence-corrected chi connectivity index (χ2v) is 7.68. The molecule has 1 heteroatoms. The lowest BCUT2D eigenvalue weighted by molar-refractivity contribution is 1.14. The predicted octanol–water partition coefficient (Wildman–Crippen LogP) is 8.04. The van der Waals surface area contributed by atoms with Gasteiger partial charge in [0.1, 0.15) is 0 Å². The highest BCUT2D eigenvalue weighted by Crippen LogP contribution is 2.31. The molecule has 0 aliphatic heterocycles. The van der Waals surface area contributed by atoms with Gasteiger partial charge in [-0.1, -0.05) is 98.8 Å². The lowest BCUT2D eigenvalue weighted by atomic mass is 9.96. The number of benzene rings is 4. The zero-order chi connectivity index (χ0) is 21.5. The minimum absolute atomic E-state index is 1.05. The summed E-state index contributed by atoms with van der Waals surface area (Å²) in [5.41, 5.74) is 8.64. The van der Waals surface area contributed by atoms with Gasteiger partial charge in [-0.05, 0) is 59.4 Å². The van der Waals surface area contributed by atoms with Gasteiger partial charge in [0.25, 0.3) is 0 Å². The Kier molecular flexibility index (Phi) is 6.64. The fourth-order valence-electron chi connectivity index (χ4n) is 3.76. The third kappa shape index (κ3) is 4.95. The van der Waals surface area contributed by atoms with Gasteiger partial charge < -0.3 is 4.90 Å². The van der Waals surface area contributed by atoms with Gasteiger partial charge in [-0.15, -0.1) is 0 Å². The Morgan fingerprint density at radius 1 is 0.548 bits per heavy atom. The van der Waals surface area contributed by atoms with Crippen LogP contribution in [-0.4, -0.2) is 0 Å². The fourth-order valence-corrected chi connectivity index (χ4v) is 3.76. The molecule has 4 aromatic carbocycles. The van der Waals surface area contributed by atoms with Crippen LogP contribution in [0.5, 0.6) is 0 Å². The molecule has 0 atom stereocenters. The molecule has 154 valence electrons. The van der Waals surface area contributed by atoms with Crippen molar-refractivity contribution in [1.29, 1.82) is 0 Å². The Hall–Kier alpha value is -3.58. The normalized spacial score (nSPS) is 10.5. The Morgan fingerprint density at radius 3 is 1.29 bits per heavy atom. The second-order valence-electron chi connectivity index (χ2n) is 7.68. The maximum absolute atomic E-state index is 2.27. The van der Waals surface area contributed by atoms with Gasteiger partial charge >= 0.3 is 0 Å². The maximum Gasteiger partial charge on any atom is 0.0455 e. The molecule has 0 saturated carbocycles. The molecule has 31 heavy (non-hydrogen) atoms. The largest absolute Gasteiger partial charge is 0.317 e.